The van der Waals surface area contributed by atoms with Gasteiger partial charge >= 0.3 is 0 Å². The molecule has 0 N–H and O–H groups in total. The summed E-state index contributed by atoms with van der Waals surface area (Å²) >= 11 is 0. The van der Waals surface area contributed by atoms with Crippen LogP contribution >= 0.6 is 0 Å². The molecule has 0 spiro atoms. The molecule has 0 amide bonds. The van der Waals surface area contributed by atoms with Gasteiger partial charge in [-0.15, -0.1) is 6.58 Å². The molecule has 0 radical (unpaired) electrons. The summed E-state index contributed by atoms with van der Waals surface area (Å²) in [5.41, 5.74) is 0.546. The fraction of sp³-hybridized carbons (Fsp3) is 0.667. The van der Waals surface area contributed by atoms with Gasteiger partial charge in [0.15, 0.2) is 11.6 Å². The summed E-state index contributed by atoms with van der Waals surface area (Å²) in [5, 5.41) is 0. The Morgan fingerprint density at radius 2 is 1.59 bits per heavy atom. The van der Waals surface area contributed by atoms with Gasteiger partial charge in [0.1, 0.15) is 0 Å². The van der Waals surface area contributed by atoms with Gasteiger partial charge in [0.05, 0.1) is 6.61 Å². The van der Waals surface area contributed by atoms with Gasteiger partial charge in [0.25, 0.3) is 0 Å². The average Bonchev–Trinajstić information content (AvgIpc) is 2.72. The van der Waals surface area contributed by atoms with Crippen LogP contribution in [-0.2, 0) is 0 Å². The van der Waals surface area contributed by atoms with Crippen LogP contribution in [0.5, 0.6) is 5.75 Å². The fourth-order valence-electron chi connectivity index (χ4n) is 5.05. The van der Waals surface area contributed by atoms with Crippen molar-refractivity contribution in [2.24, 2.45) is 17.8 Å². The molecule has 1 nitrogen and oxygen atoms in total. The SMILES string of the molecule is C=CC1CCC(C2CCC(c3ccc(OCCCC)c(F)c3F)CC2)CC1. The highest BCUT2D eigenvalue weighted by Gasteiger charge is 2.32. The highest BCUT2D eigenvalue weighted by atomic mass is 19.2. The van der Waals surface area contributed by atoms with Gasteiger partial charge in [-0.2, -0.15) is 4.39 Å². The minimum absolute atomic E-state index is 0.0531. The second kappa shape index (κ2) is 9.71. The minimum Gasteiger partial charge on any atom is -0.490 e. The fourth-order valence-corrected chi connectivity index (χ4v) is 5.05. The van der Waals surface area contributed by atoms with Crippen LogP contribution in [0.4, 0.5) is 8.78 Å². The van der Waals surface area contributed by atoms with Crippen LogP contribution in [-0.4, -0.2) is 6.61 Å². The predicted molar refractivity (Wildman–Crippen MR) is 107 cm³/mol. The van der Waals surface area contributed by atoms with E-state index in [2.05, 4.69) is 12.7 Å². The largest absolute Gasteiger partial charge is 0.490 e. The molecule has 3 rings (SSSR count). The molecule has 150 valence electrons. The Kier molecular flexibility index (Phi) is 7.32. The molecule has 1 aromatic rings. The summed E-state index contributed by atoms with van der Waals surface area (Å²) in [4.78, 5) is 0. The van der Waals surface area contributed by atoms with E-state index in [0.29, 0.717) is 18.1 Å². The summed E-state index contributed by atoms with van der Waals surface area (Å²) in [6.07, 6.45) is 13.3. The maximum atomic E-state index is 14.6. The second-order valence-corrected chi connectivity index (χ2v) is 8.51. The van der Waals surface area contributed by atoms with Crippen molar-refractivity contribution in [1.82, 2.24) is 0 Å². The Morgan fingerprint density at radius 3 is 2.19 bits per heavy atom. The average molecular weight is 377 g/mol. The molecule has 0 bridgehead atoms. The quantitative estimate of drug-likeness (QED) is 0.355. The Hall–Kier alpha value is -1.38. The number of halogens is 2. The molecule has 27 heavy (non-hydrogen) atoms. The van der Waals surface area contributed by atoms with Crippen LogP contribution in [0.3, 0.4) is 0 Å². The molecule has 0 aromatic heterocycles. The Balaban J connectivity index is 1.56. The van der Waals surface area contributed by atoms with E-state index in [1.807, 2.05) is 6.92 Å². The maximum absolute atomic E-state index is 14.6. The molecule has 0 heterocycles. The van der Waals surface area contributed by atoms with E-state index < -0.39 is 11.6 Å². The lowest BCUT2D eigenvalue weighted by Crippen LogP contribution is -2.25. The van der Waals surface area contributed by atoms with Crippen molar-refractivity contribution in [2.45, 2.75) is 77.0 Å². The van der Waals surface area contributed by atoms with Crippen molar-refractivity contribution in [2.75, 3.05) is 6.61 Å². The number of hydrogen-bond acceptors (Lipinski definition) is 1. The van der Waals surface area contributed by atoms with E-state index in [4.69, 9.17) is 4.74 Å². The lowest BCUT2D eigenvalue weighted by Gasteiger charge is -2.37. The minimum atomic E-state index is -0.812. The van der Waals surface area contributed by atoms with Crippen molar-refractivity contribution in [3.05, 3.63) is 42.0 Å². The van der Waals surface area contributed by atoms with Gasteiger partial charge in [0, 0.05) is 0 Å². The molecule has 0 unspecified atom stereocenters. The van der Waals surface area contributed by atoms with Crippen LogP contribution in [0.15, 0.2) is 24.8 Å². The molecular weight excluding hydrogens is 342 g/mol. The van der Waals surface area contributed by atoms with Gasteiger partial charge in [-0.25, -0.2) is 4.39 Å². The summed E-state index contributed by atoms with van der Waals surface area (Å²) in [6.45, 7) is 6.41. The van der Waals surface area contributed by atoms with E-state index in [9.17, 15) is 8.78 Å². The lowest BCUT2D eigenvalue weighted by atomic mass is 9.68. The summed E-state index contributed by atoms with van der Waals surface area (Å²) in [5.74, 6) is 0.970. The summed E-state index contributed by atoms with van der Waals surface area (Å²) in [7, 11) is 0. The molecular formula is C24H34F2O. The molecule has 1 aromatic carbocycles. The standard InChI is InChI=1S/C24H34F2O/c1-3-5-16-27-22-15-14-21(23(25)24(22)26)20-12-10-19(11-13-20)18-8-6-17(4-2)7-9-18/h4,14-15,17-20H,2-3,5-13,16H2,1H3. The van der Waals surface area contributed by atoms with Crippen molar-refractivity contribution in [3.63, 3.8) is 0 Å². The Labute approximate surface area is 163 Å². The molecule has 2 aliphatic carbocycles. The first-order valence-electron chi connectivity index (χ1n) is 10.9. The molecule has 2 aliphatic rings. The first kappa shape index (κ1) is 20.4. The molecule has 2 saturated carbocycles. The smallest absolute Gasteiger partial charge is 0.200 e. The number of benzene rings is 1. The topological polar surface area (TPSA) is 9.23 Å². The van der Waals surface area contributed by atoms with Crippen LogP contribution in [0.25, 0.3) is 0 Å². The van der Waals surface area contributed by atoms with Gasteiger partial charge in [-0.3, -0.25) is 0 Å². The van der Waals surface area contributed by atoms with Gasteiger partial charge < -0.3 is 4.74 Å². The second-order valence-electron chi connectivity index (χ2n) is 8.51. The Morgan fingerprint density at radius 1 is 0.963 bits per heavy atom. The zero-order valence-corrected chi connectivity index (χ0v) is 16.7. The lowest BCUT2D eigenvalue weighted by molar-refractivity contribution is 0.170. The van der Waals surface area contributed by atoms with E-state index >= 15 is 0 Å². The molecule has 3 heteroatoms. The van der Waals surface area contributed by atoms with E-state index in [1.54, 1.807) is 12.1 Å². The van der Waals surface area contributed by atoms with E-state index in [0.717, 1.165) is 50.4 Å². The zero-order chi connectivity index (χ0) is 19.2. The van der Waals surface area contributed by atoms with Crippen LogP contribution < -0.4 is 4.74 Å². The highest BCUT2D eigenvalue weighted by Crippen LogP contribution is 2.45. The maximum Gasteiger partial charge on any atom is 0.200 e. The Bertz CT molecular complexity index is 611. The van der Waals surface area contributed by atoms with Gasteiger partial charge in [-0.1, -0.05) is 25.5 Å². The van der Waals surface area contributed by atoms with E-state index in [1.165, 1.54) is 25.7 Å². The molecule has 2 fully saturated rings. The van der Waals surface area contributed by atoms with Crippen LogP contribution in [0.1, 0.15) is 82.6 Å². The number of rotatable bonds is 7. The third kappa shape index (κ3) is 4.92. The van der Waals surface area contributed by atoms with Crippen molar-refractivity contribution in [3.8, 4) is 5.75 Å². The molecule has 0 aliphatic heterocycles. The highest BCUT2D eigenvalue weighted by molar-refractivity contribution is 5.33. The van der Waals surface area contributed by atoms with Crippen LogP contribution in [0.2, 0.25) is 0 Å². The number of ether oxygens (including phenoxy) is 1. The van der Waals surface area contributed by atoms with E-state index in [-0.39, 0.29) is 11.7 Å². The third-order valence-electron chi connectivity index (χ3n) is 6.86. The summed E-state index contributed by atoms with van der Waals surface area (Å²) in [6, 6.07) is 3.37. The van der Waals surface area contributed by atoms with Crippen LogP contribution in [0, 0.1) is 29.4 Å². The van der Waals surface area contributed by atoms with Crippen molar-refractivity contribution in [1.29, 1.82) is 0 Å². The first-order valence-corrected chi connectivity index (χ1v) is 10.9. The van der Waals surface area contributed by atoms with Gasteiger partial charge in [0.2, 0.25) is 5.82 Å². The zero-order valence-electron chi connectivity index (χ0n) is 16.7. The number of allylic oxidation sites excluding steroid dienone is 1. The monoisotopic (exact) mass is 376 g/mol. The predicted octanol–water partition coefficient (Wildman–Crippen LogP) is 7.41. The molecule has 0 atom stereocenters. The van der Waals surface area contributed by atoms with Gasteiger partial charge in [-0.05, 0) is 93.1 Å². The van der Waals surface area contributed by atoms with Crippen molar-refractivity contribution < 1.29 is 13.5 Å². The number of unbranched alkanes of at least 4 members (excludes halogenated alkanes) is 1. The first-order chi connectivity index (χ1) is 13.1. The normalized spacial score (nSPS) is 28.7. The third-order valence-corrected chi connectivity index (χ3v) is 6.86. The number of hydrogen-bond donors (Lipinski definition) is 0. The summed E-state index contributed by atoms with van der Waals surface area (Å²) < 4.78 is 34.4. The van der Waals surface area contributed by atoms with Crippen molar-refractivity contribution >= 4 is 0 Å². The molecule has 0 saturated heterocycles.